The molecule has 0 aromatic heterocycles. The number of rotatable bonds is 9. The van der Waals surface area contributed by atoms with Crippen molar-refractivity contribution in [1.29, 1.82) is 0 Å². The number of fused-ring (bicyclic) bond motifs is 1. The van der Waals surface area contributed by atoms with Crippen molar-refractivity contribution in [3.63, 3.8) is 0 Å². The van der Waals surface area contributed by atoms with Crippen molar-refractivity contribution in [2.24, 2.45) is 0 Å². The fourth-order valence-corrected chi connectivity index (χ4v) is 3.72. The fraction of sp³-hybridized carbons (Fsp3) is 0.458. The Kier molecular flexibility index (Phi) is 6.96. The molecule has 1 heterocycles. The molecule has 0 saturated carbocycles. The summed E-state index contributed by atoms with van der Waals surface area (Å²) in [6.07, 6.45) is 5.92. The molecule has 0 bridgehead atoms. The summed E-state index contributed by atoms with van der Waals surface area (Å²) < 4.78 is 5.98. The summed E-state index contributed by atoms with van der Waals surface area (Å²) >= 11 is 0. The van der Waals surface area contributed by atoms with Gasteiger partial charge in [0.15, 0.2) is 0 Å². The predicted octanol–water partition coefficient (Wildman–Crippen LogP) is 6.01. The Morgan fingerprint density at radius 1 is 1.04 bits per heavy atom. The Hall–Kier alpha value is -2.49. The van der Waals surface area contributed by atoms with Crippen LogP contribution in [0.1, 0.15) is 75.0 Å². The zero-order chi connectivity index (χ0) is 19.9. The lowest BCUT2D eigenvalue weighted by Crippen LogP contribution is -2.46. The quantitative estimate of drug-likeness (QED) is 0.542. The topological polar surface area (TPSA) is 41.6 Å². The minimum Gasteiger partial charge on any atom is -0.494 e. The highest BCUT2D eigenvalue weighted by Gasteiger charge is 2.34. The number of benzene rings is 2. The van der Waals surface area contributed by atoms with Gasteiger partial charge in [-0.3, -0.25) is 4.79 Å². The summed E-state index contributed by atoms with van der Waals surface area (Å²) in [7, 11) is 0. The highest BCUT2D eigenvalue weighted by atomic mass is 16.5. The molecule has 0 fully saturated rings. The second-order valence-electron chi connectivity index (χ2n) is 7.73. The largest absolute Gasteiger partial charge is 0.494 e. The molecule has 2 aromatic carbocycles. The van der Waals surface area contributed by atoms with Crippen LogP contribution in [0.3, 0.4) is 0 Å². The molecule has 3 rings (SSSR count). The van der Waals surface area contributed by atoms with E-state index in [1.807, 2.05) is 41.3 Å². The number of hydrogen-bond acceptors (Lipinski definition) is 3. The predicted molar refractivity (Wildman–Crippen MR) is 115 cm³/mol. The number of unbranched alkanes of at least 4 members (excludes halogenated alkanes) is 4. The van der Waals surface area contributed by atoms with Crippen molar-refractivity contribution in [3.05, 3.63) is 59.7 Å². The maximum Gasteiger partial charge on any atom is 0.258 e. The molecule has 1 unspecified atom stereocenters. The van der Waals surface area contributed by atoms with Crippen molar-refractivity contribution in [2.45, 2.75) is 65.1 Å². The average molecular weight is 381 g/mol. The van der Waals surface area contributed by atoms with E-state index in [0.29, 0.717) is 0 Å². The fourth-order valence-electron chi connectivity index (χ4n) is 3.72. The molecule has 0 radical (unpaired) electrons. The smallest absolute Gasteiger partial charge is 0.258 e. The van der Waals surface area contributed by atoms with Gasteiger partial charge in [-0.05, 0) is 50.1 Å². The van der Waals surface area contributed by atoms with Crippen LogP contribution < -0.4 is 10.1 Å². The van der Waals surface area contributed by atoms with Gasteiger partial charge in [0.2, 0.25) is 0 Å². The van der Waals surface area contributed by atoms with Crippen LogP contribution in [0.5, 0.6) is 5.75 Å². The molecule has 28 heavy (non-hydrogen) atoms. The van der Waals surface area contributed by atoms with Gasteiger partial charge in [0.1, 0.15) is 11.9 Å². The molecule has 1 atom stereocenters. The average Bonchev–Trinajstić information content (AvgIpc) is 2.70. The van der Waals surface area contributed by atoms with E-state index in [1.54, 1.807) is 0 Å². The minimum atomic E-state index is -0.199. The number of carbonyl (C=O) groups excluding carboxylic acids is 1. The second-order valence-corrected chi connectivity index (χ2v) is 7.73. The highest BCUT2D eigenvalue weighted by Crippen LogP contribution is 2.35. The Balaban J connectivity index is 1.74. The molecule has 1 amide bonds. The number of ether oxygens (including phenoxy) is 1. The van der Waals surface area contributed by atoms with Gasteiger partial charge in [0.05, 0.1) is 12.2 Å². The van der Waals surface area contributed by atoms with Gasteiger partial charge in [-0.2, -0.15) is 0 Å². The molecule has 1 N–H and O–H groups in total. The molecule has 4 nitrogen and oxygen atoms in total. The molecule has 0 saturated heterocycles. The lowest BCUT2D eigenvalue weighted by molar-refractivity contribution is 0.0616. The molecule has 1 aliphatic rings. The molecule has 2 aromatic rings. The first-order chi connectivity index (χ1) is 13.6. The van der Waals surface area contributed by atoms with Crippen LogP contribution in [-0.4, -0.2) is 23.5 Å². The SMILES string of the molecule is CCCCCCCOc1cccc(C2Nc3ccccc3C(=O)N2C(C)C)c1. The number of carbonyl (C=O) groups is 1. The van der Waals surface area contributed by atoms with Gasteiger partial charge in [-0.15, -0.1) is 0 Å². The van der Waals surface area contributed by atoms with E-state index in [2.05, 4.69) is 38.2 Å². The van der Waals surface area contributed by atoms with Crippen molar-refractivity contribution >= 4 is 11.6 Å². The number of amides is 1. The van der Waals surface area contributed by atoms with Gasteiger partial charge in [-0.1, -0.05) is 56.9 Å². The number of nitrogens with one attached hydrogen (secondary N) is 1. The first-order valence-corrected chi connectivity index (χ1v) is 10.5. The van der Waals surface area contributed by atoms with E-state index >= 15 is 0 Å². The van der Waals surface area contributed by atoms with Crippen LogP contribution >= 0.6 is 0 Å². The Morgan fingerprint density at radius 2 is 1.82 bits per heavy atom. The summed E-state index contributed by atoms with van der Waals surface area (Å²) in [5, 5.41) is 3.54. The van der Waals surface area contributed by atoms with Gasteiger partial charge in [0, 0.05) is 11.7 Å². The Bertz CT molecular complexity index is 788. The van der Waals surface area contributed by atoms with E-state index in [-0.39, 0.29) is 18.1 Å². The molecule has 0 spiro atoms. The summed E-state index contributed by atoms with van der Waals surface area (Å²) in [5.41, 5.74) is 2.66. The maximum absolute atomic E-state index is 13.1. The van der Waals surface area contributed by atoms with Crippen LogP contribution in [0.15, 0.2) is 48.5 Å². The summed E-state index contributed by atoms with van der Waals surface area (Å²) in [6.45, 7) is 7.07. The van der Waals surface area contributed by atoms with E-state index in [1.165, 1.54) is 25.7 Å². The molecule has 4 heteroatoms. The summed E-state index contributed by atoms with van der Waals surface area (Å²) in [4.78, 5) is 15.0. The van der Waals surface area contributed by atoms with Crippen LogP contribution in [-0.2, 0) is 0 Å². The summed E-state index contributed by atoms with van der Waals surface area (Å²) in [6, 6.07) is 15.9. The second kappa shape index (κ2) is 9.63. The van der Waals surface area contributed by atoms with E-state index < -0.39 is 0 Å². The third-order valence-corrected chi connectivity index (χ3v) is 5.21. The van der Waals surface area contributed by atoms with Gasteiger partial charge >= 0.3 is 0 Å². The Labute approximate surface area is 168 Å². The van der Waals surface area contributed by atoms with Gasteiger partial charge < -0.3 is 15.0 Å². The van der Waals surface area contributed by atoms with E-state index in [9.17, 15) is 4.79 Å². The van der Waals surface area contributed by atoms with Crippen molar-refractivity contribution in [3.8, 4) is 5.75 Å². The van der Waals surface area contributed by atoms with Gasteiger partial charge in [0.25, 0.3) is 5.91 Å². The molecule has 0 aliphatic carbocycles. The molecular weight excluding hydrogens is 348 g/mol. The lowest BCUT2D eigenvalue weighted by atomic mass is 10.0. The number of hydrogen-bond donors (Lipinski definition) is 1. The third-order valence-electron chi connectivity index (χ3n) is 5.21. The number of anilines is 1. The first kappa shape index (κ1) is 20.2. The Morgan fingerprint density at radius 3 is 2.61 bits per heavy atom. The van der Waals surface area contributed by atoms with Gasteiger partial charge in [-0.25, -0.2) is 0 Å². The molecule has 1 aliphatic heterocycles. The van der Waals surface area contributed by atoms with Crippen LogP contribution in [0.4, 0.5) is 5.69 Å². The van der Waals surface area contributed by atoms with Crippen LogP contribution in [0.2, 0.25) is 0 Å². The maximum atomic E-state index is 13.1. The first-order valence-electron chi connectivity index (χ1n) is 10.5. The third kappa shape index (κ3) is 4.67. The van der Waals surface area contributed by atoms with Crippen LogP contribution in [0, 0.1) is 0 Å². The van der Waals surface area contributed by atoms with E-state index in [4.69, 9.17) is 4.74 Å². The van der Waals surface area contributed by atoms with Crippen molar-refractivity contribution in [2.75, 3.05) is 11.9 Å². The standard InChI is InChI=1S/C24H32N2O2/c1-4-5-6-7-10-16-28-20-13-11-12-19(17-20)23-25-22-15-9-8-14-21(22)24(27)26(23)18(2)3/h8-9,11-15,17-18,23,25H,4-7,10,16H2,1-3H3. The number of para-hydroxylation sites is 1. The lowest BCUT2D eigenvalue weighted by Gasteiger charge is -2.40. The normalized spacial score (nSPS) is 16.1. The van der Waals surface area contributed by atoms with E-state index in [0.717, 1.165) is 35.6 Å². The monoisotopic (exact) mass is 380 g/mol. The van der Waals surface area contributed by atoms with Crippen molar-refractivity contribution in [1.82, 2.24) is 4.90 Å². The highest BCUT2D eigenvalue weighted by molar-refractivity contribution is 6.01. The number of nitrogens with zero attached hydrogens (tertiary/aromatic N) is 1. The zero-order valence-electron chi connectivity index (χ0n) is 17.3. The van der Waals surface area contributed by atoms with Crippen LogP contribution in [0.25, 0.3) is 0 Å². The molecular formula is C24H32N2O2. The van der Waals surface area contributed by atoms with Crippen molar-refractivity contribution < 1.29 is 9.53 Å². The zero-order valence-corrected chi connectivity index (χ0v) is 17.3. The summed E-state index contributed by atoms with van der Waals surface area (Å²) in [5.74, 6) is 0.932. The molecule has 150 valence electrons. The minimum absolute atomic E-state index is 0.0663.